The van der Waals surface area contributed by atoms with Gasteiger partial charge >= 0.3 is 11.7 Å². The number of ether oxygens (including phenoxy) is 1. The Morgan fingerprint density at radius 2 is 2.15 bits per heavy atom. The zero-order chi connectivity index (χ0) is 20.0. The minimum atomic E-state index is -0.742. The summed E-state index contributed by atoms with van der Waals surface area (Å²) in [6.07, 6.45) is 0. The summed E-state index contributed by atoms with van der Waals surface area (Å²) < 4.78 is 4.93. The van der Waals surface area contributed by atoms with Crippen molar-refractivity contribution in [2.75, 3.05) is 29.5 Å². The summed E-state index contributed by atoms with van der Waals surface area (Å²) in [5.74, 6) is -1.51. The molecule has 0 atom stereocenters. The molecule has 1 aromatic heterocycles. The second-order valence-corrected chi connectivity index (χ2v) is 5.37. The van der Waals surface area contributed by atoms with Crippen molar-refractivity contribution in [1.29, 1.82) is 5.26 Å². The number of nitro groups is 1. The molecule has 0 fully saturated rings. The number of nitriles is 1. The third-order valence-corrected chi connectivity index (χ3v) is 3.45. The maximum Gasteiger partial charge on any atom is 0.353 e. The molecule has 0 spiro atoms. The van der Waals surface area contributed by atoms with Crippen LogP contribution in [-0.2, 0) is 16.1 Å². The fraction of sp³-hybridized carbons (Fsp3) is 0.250. The average Bonchev–Trinajstić information content (AvgIpc) is 2.60. The molecule has 0 aliphatic heterocycles. The van der Waals surface area contributed by atoms with Gasteiger partial charge in [-0.2, -0.15) is 15.2 Å². The fourth-order valence-electron chi connectivity index (χ4n) is 2.40. The van der Waals surface area contributed by atoms with Crippen molar-refractivity contribution in [3.63, 3.8) is 0 Å². The van der Waals surface area contributed by atoms with Gasteiger partial charge in [0.1, 0.15) is 6.54 Å². The van der Waals surface area contributed by atoms with Crippen molar-refractivity contribution in [2.24, 2.45) is 0 Å². The van der Waals surface area contributed by atoms with E-state index in [1.165, 1.54) is 4.90 Å². The summed E-state index contributed by atoms with van der Waals surface area (Å²) in [5, 5.41) is 20.5. The van der Waals surface area contributed by atoms with E-state index in [1.54, 1.807) is 31.2 Å². The molecule has 0 saturated heterocycles. The molecule has 140 valence electrons. The Morgan fingerprint density at radius 1 is 1.41 bits per heavy atom. The molecule has 4 N–H and O–H groups in total. The first-order valence-corrected chi connectivity index (χ1v) is 7.82. The van der Waals surface area contributed by atoms with Crippen LogP contribution in [0.15, 0.2) is 24.3 Å². The van der Waals surface area contributed by atoms with E-state index in [0.29, 0.717) is 11.1 Å². The molecule has 11 heteroatoms. The molecule has 0 aliphatic rings. The third kappa shape index (κ3) is 4.79. The summed E-state index contributed by atoms with van der Waals surface area (Å²) in [6.45, 7) is 1.49. The summed E-state index contributed by atoms with van der Waals surface area (Å²) in [6, 6.07) is 8.58. The Hall–Kier alpha value is -3.94. The number of carbonyl (C=O) groups excluding carboxylic acids is 1. The number of rotatable bonds is 7. The molecule has 0 radical (unpaired) electrons. The molecular formula is C16H17N7O4. The smallest absolute Gasteiger partial charge is 0.353 e. The number of nitrogens with two attached hydrogens (primary N) is 2. The molecule has 2 rings (SSSR count). The summed E-state index contributed by atoms with van der Waals surface area (Å²) in [4.78, 5) is 31.5. The van der Waals surface area contributed by atoms with E-state index in [1.807, 2.05) is 6.07 Å². The Labute approximate surface area is 154 Å². The van der Waals surface area contributed by atoms with Crippen molar-refractivity contribution in [2.45, 2.75) is 13.5 Å². The van der Waals surface area contributed by atoms with Crippen molar-refractivity contribution in [3.8, 4) is 6.07 Å². The van der Waals surface area contributed by atoms with E-state index >= 15 is 0 Å². The first-order valence-electron chi connectivity index (χ1n) is 7.82. The normalized spacial score (nSPS) is 10.1. The Balaban J connectivity index is 2.51. The first-order chi connectivity index (χ1) is 12.8. The maximum atomic E-state index is 12.0. The standard InChI is InChI=1S/C16H17N7O4/c1-2-27-12(24)9-22(8-11-5-3-4-10(6-11)7-17)15-13(23(25)26)14(18)20-16(19)21-15/h3-6H,2,8-9H2,1H3,(H4,18,19,20,21). The van der Waals surface area contributed by atoms with Crippen LogP contribution in [0.2, 0.25) is 0 Å². The number of aromatic nitrogens is 2. The predicted molar refractivity (Wildman–Crippen MR) is 96.4 cm³/mol. The van der Waals surface area contributed by atoms with Crippen LogP contribution >= 0.6 is 0 Å². The van der Waals surface area contributed by atoms with Gasteiger partial charge in [0.05, 0.1) is 23.2 Å². The van der Waals surface area contributed by atoms with E-state index in [-0.39, 0.29) is 31.5 Å². The molecule has 0 unspecified atom stereocenters. The van der Waals surface area contributed by atoms with Crippen LogP contribution in [0.4, 0.5) is 23.3 Å². The number of hydrogen-bond donors (Lipinski definition) is 2. The van der Waals surface area contributed by atoms with Gasteiger partial charge < -0.3 is 21.1 Å². The zero-order valence-electron chi connectivity index (χ0n) is 14.5. The summed E-state index contributed by atoms with van der Waals surface area (Å²) >= 11 is 0. The highest BCUT2D eigenvalue weighted by molar-refractivity contribution is 5.79. The number of hydrogen-bond acceptors (Lipinski definition) is 10. The highest BCUT2D eigenvalue weighted by Crippen LogP contribution is 2.32. The Bertz CT molecular complexity index is 910. The van der Waals surface area contributed by atoms with Gasteiger partial charge in [-0.1, -0.05) is 12.1 Å². The zero-order valence-corrected chi connectivity index (χ0v) is 14.5. The average molecular weight is 371 g/mol. The van der Waals surface area contributed by atoms with Crippen LogP contribution in [0.5, 0.6) is 0 Å². The van der Waals surface area contributed by atoms with Crippen LogP contribution in [0.25, 0.3) is 0 Å². The molecular weight excluding hydrogens is 354 g/mol. The lowest BCUT2D eigenvalue weighted by Gasteiger charge is -2.23. The lowest BCUT2D eigenvalue weighted by atomic mass is 10.1. The maximum absolute atomic E-state index is 12.0. The minimum Gasteiger partial charge on any atom is -0.465 e. The lowest BCUT2D eigenvalue weighted by Crippen LogP contribution is -2.32. The molecule has 0 amide bonds. The van der Waals surface area contributed by atoms with Crippen molar-refractivity contribution in [1.82, 2.24) is 9.97 Å². The monoisotopic (exact) mass is 371 g/mol. The second kappa shape index (κ2) is 8.43. The minimum absolute atomic E-state index is 0.0328. The van der Waals surface area contributed by atoms with Crippen molar-refractivity contribution < 1.29 is 14.5 Å². The van der Waals surface area contributed by atoms with E-state index in [4.69, 9.17) is 21.5 Å². The SMILES string of the molecule is CCOC(=O)CN(Cc1cccc(C#N)c1)c1nc(N)nc(N)c1[N+](=O)[O-]. The van der Waals surface area contributed by atoms with E-state index < -0.39 is 22.4 Å². The van der Waals surface area contributed by atoms with Gasteiger partial charge in [-0.05, 0) is 24.6 Å². The van der Waals surface area contributed by atoms with Crippen LogP contribution in [-0.4, -0.2) is 34.0 Å². The lowest BCUT2D eigenvalue weighted by molar-refractivity contribution is -0.383. The molecule has 27 heavy (non-hydrogen) atoms. The number of carbonyl (C=O) groups is 1. The molecule has 0 saturated carbocycles. The van der Waals surface area contributed by atoms with E-state index in [0.717, 1.165) is 0 Å². The molecule has 2 aromatic rings. The molecule has 11 nitrogen and oxygen atoms in total. The van der Waals surface area contributed by atoms with Crippen LogP contribution in [0, 0.1) is 21.4 Å². The predicted octanol–water partition coefficient (Wildman–Crippen LogP) is 0.991. The second-order valence-electron chi connectivity index (χ2n) is 5.37. The van der Waals surface area contributed by atoms with Gasteiger partial charge in [0.25, 0.3) is 0 Å². The fourth-order valence-corrected chi connectivity index (χ4v) is 2.40. The number of esters is 1. The highest BCUT2D eigenvalue weighted by Gasteiger charge is 2.28. The highest BCUT2D eigenvalue weighted by atomic mass is 16.6. The number of anilines is 3. The molecule has 0 aliphatic carbocycles. The van der Waals surface area contributed by atoms with Crippen LogP contribution in [0.3, 0.4) is 0 Å². The Kier molecular flexibility index (Phi) is 6.06. The topological polar surface area (TPSA) is 174 Å². The van der Waals surface area contributed by atoms with Crippen molar-refractivity contribution >= 4 is 29.2 Å². The van der Waals surface area contributed by atoms with Gasteiger partial charge in [-0.15, -0.1) is 0 Å². The number of benzene rings is 1. The first kappa shape index (κ1) is 19.4. The van der Waals surface area contributed by atoms with Crippen LogP contribution < -0.4 is 16.4 Å². The number of nitrogen functional groups attached to an aromatic ring is 2. The quantitative estimate of drug-likeness (QED) is 0.405. The summed E-state index contributed by atoms with van der Waals surface area (Å²) in [5.41, 5.74) is 11.7. The largest absolute Gasteiger partial charge is 0.465 e. The Morgan fingerprint density at radius 3 is 2.78 bits per heavy atom. The third-order valence-electron chi connectivity index (χ3n) is 3.45. The molecule has 1 aromatic carbocycles. The van der Waals surface area contributed by atoms with Crippen molar-refractivity contribution in [3.05, 3.63) is 45.5 Å². The van der Waals surface area contributed by atoms with E-state index in [9.17, 15) is 14.9 Å². The van der Waals surface area contributed by atoms with Gasteiger partial charge in [0, 0.05) is 6.54 Å². The van der Waals surface area contributed by atoms with Gasteiger partial charge in [-0.3, -0.25) is 14.9 Å². The van der Waals surface area contributed by atoms with Crippen LogP contribution in [0.1, 0.15) is 18.1 Å². The molecule has 0 bridgehead atoms. The van der Waals surface area contributed by atoms with Gasteiger partial charge in [0.2, 0.25) is 17.6 Å². The molecule has 1 heterocycles. The number of nitrogens with zero attached hydrogens (tertiary/aromatic N) is 5. The van der Waals surface area contributed by atoms with Gasteiger partial charge in [0.15, 0.2) is 0 Å². The van der Waals surface area contributed by atoms with Gasteiger partial charge in [-0.25, -0.2) is 0 Å². The van der Waals surface area contributed by atoms with E-state index in [2.05, 4.69) is 9.97 Å². The summed E-state index contributed by atoms with van der Waals surface area (Å²) in [7, 11) is 0.